The first-order chi connectivity index (χ1) is 8.48. The Morgan fingerprint density at radius 1 is 1.44 bits per heavy atom. The molecular weight excluding hydrogens is 268 g/mol. The molecule has 0 bridgehead atoms. The van der Waals surface area contributed by atoms with Crippen molar-refractivity contribution in [1.82, 2.24) is 4.72 Å². The molecule has 0 saturated heterocycles. The van der Waals surface area contributed by atoms with Gasteiger partial charge in [-0.1, -0.05) is 25.1 Å². The molecule has 1 aromatic rings. The van der Waals surface area contributed by atoms with Gasteiger partial charge in [-0.2, -0.15) is 17.0 Å². The second-order valence-corrected chi connectivity index (χ2v) is 7.01. The van der Waals surface area contributed by atoms with Crippen LogP contribution in [-0.4, -0.2) is 26.5 Å². The molecule has 0 aliphatic rings. The van der Waals surface area contributed by atoms with Crippen molar-refractivity contribution in [2.24, 2.45) is 0 Å². The van der Waals surface area contributed by atoms with E-state index in [1.165, 1.54) is 0 Å². The Morgan fingerprint density at radius 2 is 2.11 bits per heavy atom. The third-order valence-corrected chi connectivity index (χ3v) is 4.75. The number of nitriles is 1. The highest BCUT2D eigenvalue weighted by Crippen LogP contribution is 2.11. The number of rotatable bonds is 6. The fourth-order valence-corrected chi connectivity index (χ4v) is 2.96. The number of nitrogens with zero attached hydrogens (tertiary/aromatic N) is 1. The first kappa shape index (κ1) is 15.0. The van der Waals surface area contributed by atoms with Crippen LogP contribution in [0.15, 0.2) is 24.3 Å². The Morgan fingerprint density at radius 3 is 2.72 bits per heavy atom. The zero-order chi connectivity index (χ0) is 13.6. The molecule has 98 valence electrons. The number of hydrogen-bond donors (Lipinski definition) is 1. The molecule has 0 fully saturated rings. The van der Waals surface area contributed by atoms with Gasteiger partial charge < -0.3 is 0 Å². The highest BCUT2D eigenvalue weighted by molar-refractivity contribution is 7.99. The third kappa shape index (κ3) is 4.69. The molecule has 0 heterocycles. The zero-order valence-corrected chi connectivity index (χ0v) is 12.0. The minimum atomic E-state index is -3.39. The summed E-state index contributed by atoms with van der Waals surface area (Å²) in [4.78, 5) is 0. The van der Waals surface area contributed by atoms with Crippen molar-refractivity contribution in [1.29, 1.82) is 5.26 Å². The van der Waals surface area contributed by atoms with Crippen LogP contribution < -0.4 is 4.72 Å². The Bertz CT molecular complexity index is 535. The van der Waals surface area contributed by atoms with Crippen LogP contribution in [0.25, 0.3) is 0 Å². The van der Waals surface area contributed by atoms with E-state index in [4.69, 9.17) is 5.26 Å². The molecule has 0 aromatic heterocycles. The topological polar surface area (TPSA) is 70.0 Å². The second-order valence-electron chi connectivity index (χ2n) is 3.92. The Balaban J connectivity index is 2.74. The molecule has 0 aliphatic carbocycles. The van der Waals surface area contributed by atoms with Crippen LogP contribution >= 0.6 is 11.8 Å². The number of sulfonamides is 1. The molecule has 0 saturated carbocycles. The van der Waals surface area contributed by atoms with Crippen molar-refractivity contribution in [3.63, 3.8) is 0 Å². The maximum atomic E-state index is 11.9. The van der Waals surface area contributed by atoms with Crippen LogP contribution in [0.5, 0.6) is 0 Å². The van der Waals surface area contributed by atoms with E-state index in [1.54, 1.807) is 36.0 Å². The molecule has 1 atom stereocenters. The molecule has 0 spiro atoms. The maximum absolute atomic E-state index is 11.9. The van der Waals surface area contributed by atoms with Crippen molar-refractivity contribution in [2.45, 2.75) is 17.9 Å². The third-order valence-electron chi connectivity index (χ3n) is 2.48. The number of benzene rings is 1. The lowest BCUT2D eigenvalue weighted by Crippen LogP contribution is -2.30. The molecule has 1 N–H and O–H groups in total. The van der Waals surface area contributed by atoms with Crippen molar-refractivity contribution in [3.05, 3.63) is 35.4 Å². The van der Waals surface area contributed by atoms with Gasteiger partial charge in [-0.25, -0.2) is 13.1 Å². The fraction of sp³-hybridized carbons (Fsp3) is 0.417. The first-order valence-electron chi connectivity index (χ1n) is 5.46. The minimum Gasteiger partial charge on any atom is -0.214 e. The fourth-order valence-electron chi connectivity index (χ4n) is 1.34. The highest BCUT2D eigenvalue weighted by Gasteiger charge is 2.14. The summed E-state index contributed by atoms with van der Waals surface area (Å²) >= 11 is 1.60. The zero-order valence-electron chi connectivity index (χ0n) is 10.4. The van der Waals surface area contributed by atoms with E-state index < -0.39 is 10.0 Å². The average molecular weight is 284 g/mol. The summed E-state index contributed by atoms with van der Waals surface area (Å²) in [5.74, 6) is -0.155. The molecule has 1 rings (SSSR count). The Hall–Kier alpha value is -1.03. The van der Waals surface area contributed by atoms with Crippen LogP contribution in [-0.2, 0) is 15.8 Å². The minimum absolute atomic E-state index is 0.155. The van der Waals surface area contributed by atoms with Gasteiger partial charge in [0.25, 0.3) is 0 Å². The number of thioether (sulfide) groups is 1. The normalized spacial score (nSPS) is 12.9. The summed E-state index contributed by atoms with van der Waals surface area (Å²) < 4.78 is 26.3. The standard InChI is InChI=1S/C12H16N2O2S2/c1-10(17-2)8-14-18(15,16)9-12-6-4-3-5-11(12)7-13/h3-6,10,14H,8-9H2,1-2H3. The van der Waals surface area contributed by atoms with E-state index in [0.717, 1.165) is 0 Å². The van der Waals surface area contributed by atoms with Crippen molar-refractivity contribution >= 4 is 21.8 Å². The van der Waals surface area contributed by atoms with E-state index in [2.05, 4.69) is 4.72 Å². The summed E-state index contributed by atoms with van der Waals surface area (Å²) in [5.41, 5.74) is 0.935. The molecular formula is C12H16N2O2S2. The number of nitrogens with one attached hydrogen (secondary N) is 1. The van der Waals surface area contributed by atoms with Crippen LogP contribution in [0.2, 0.25) is 0 Å². The lowest BCUT2D eigenvalue weighted by Gasteiger charge is -2.11. The van der Waals surface area contributed by atoms with Crippen LogP contribution in [0, 0.1) is 11.3 Å². The lowest BCUT2D eigenvalue weighted by atomic mass is 10.1. The first-order valence-corrected chi connectivity index (χ1v) is 8.40. The van der Waals surface area contributed by atoms with Crippen molar-refractivity contribution in [2.75, 3.05) is 12.8 Å². The quantitative estimate of drug-likeness (QED) is 0.863. The van der Waals surface area contributed by atoms with Gasteiger partial charge in [-0.05, 0) is 17.9 Å². The van der Waals surface area contributed by atoms with Gasteiger partial charge in [0.1, 0.15) is 0 Å². The predicted molar refractivity (Wildman–Crippen MR) is 74.8 cm³/mol. The van der Waals surface area contributed by atoms with Gasteiger partial charge in [0.15, 0.2) is 0 Å². The molecule has 1 unspecified atom stereocenters. The highest BCUT2D eigenvalue weighted by atomic mass is 32.2. The van der Waals surface area contributed by atoms with Gasteiger partial charge >= 0.3 is 0 Å². The summed E-state index contributed by atoms with van der Waals surface area (Å²) in [7, 11) is -3.39. The Labute approximate surface area is 112 Å². The largest absolute Gasteiger partial charge is 0.215 e. The van der Waals surface area contributed by atoms with Crippen molar-refractivity contribution < 1.29 is 8.42 Å². The monoisotopic (exact) mass is 284 g/mol. The van der Waals surface area contributed by atoms with Crippen molar-refractivity contribution in [3.8, 4) is 6.07 Å². The summed E-state index contributed by atoms with van der Waals surface area (Å²) in [5, 5.41) is 9.13. The molecule has 0 amide bonds. The van der Waals surface area contributed by atoms with Gasteiger partial charge in [0.2, 0.25) is 10.0 Å². The molecule has 6 heteroatoms. The molecule has 0 aliphatic heterocycles. The second kappa shape index (κ2) is 6.78. The van der Waals surface area contributed by atoms with E-state index in [1.807, 2.05) is 19.2 Å². The van der Waals surface area contributed by atoms with Gasteiger partial charge in [-0.15, -0.1) is 0 Å². The smallest absolute Gasteiger partial charge is 0.214 e. The van der Waals surface area contributed by atoms with E-state index in [9.17, 15) is 8.42 Å². The summed E-state index contributed by atoms with van der Waals surface area (Å²) in [6, 6.07) is 8.73. The van der Waals surface area contributed by atoms with Gasteiger partial charge in [-0.3, -0.25) is 0 Å². The lowest BCUT2D eigenvalue weighted by molar-refractivity contribution is 0.580. The Kier molecular flexibility index (Phi) is 5.66. The molecule has 4 nitrogen and oxygen atoms in total. The summed E-state index contributed by atoms with van der Waals surface area (Å²) in [6.45, 7) is 2.36. The SMILES string of the molecule is CSC(C)CNS(=O)(=O)Cc1ccccc1C#N. The maximum Gasteiger partial charge on any atom is 0.215 e. The van der Waals surface area contributed by atoms with Crippen LogP contribution in [0.3, 0.4) is 0 Å². The molecule has 18 heavy (non-hydrogen) atoms. The van der Waals surface area contributed by atoms with Gasteiger partial charge in [0, 0.05) is 11.8 Å². The predicted octanol–water partition coefficient (Wildman–Crippen LogP) is 1.73. The van der Waals surface area contributed by atoms with E-state index in [-0.39, 0.29) is 11.0 Å². The van der Waals surface area contributed by atoms with Crippen LogP contribution in [0.4, 0.5) is 0 Å². The van der Waals surface area contributed by atoms with E-state index in [0.29, 0.717) is 17.7 Å². The number of hydrogen-bond acceptors (Lipinski definition) is 4. The molecule has 1 aromatic carbocycles. The summed E-state index contributed by atoms with van der Waals surface area (Å²) in [6.07, 6.45) is 1.93. The molecule has 0 radical (unpaired) electrons. The van der Waals surface area contributed by atoms with Gasteiger partial charge in [0.05, 0.1) is 17.4 Å². The van der Waals surface area contributed by atoms with E-state index >= 15 is 0 Å². The van der Waals surface area contributed by atoms with Crippen LogP contribution in [0.1, 0.15) is 18.1 Å². The average Bonchev–Trinajstić information content (AvgIpc) is 2.36.